The molecule has 3 nitrogen and oxygen atoms in total. The number of nitrogens with one attached hydrogen (secondary N) is 1. The minimum absolute atomic E-state index is 0.305. The highest BCUT2D eigenvalue weighted by atomic mass is 32.1. The molecule has 1 atom stereocenters. The molecule has 0 aliphatic rings. The fourth-order valence-electron chi connectivity index (χ4n) is 1.70. The number of terminal acetylenes is 1. The Labute approximate surface area is 123 Å². The van der Waals surface area contributed by atoms with E-state index in [4.69, 9.17) is 11.2 Å². The number of ether oxygens (including phenoxy) is 1. The average molecular weight is 287 g/mol. The second-order valence-electron chi connectivity index (χ2n) is 4.35. The summed E-state index contributed by atoms with van der Waals surface area (Å²) in [5, 5.41) is 15.0. The van der Waals surface area contributed by atoms with Gasteiger partial charge in [0.2, 0.25) is 0 Å². The Morgan fingerprint density at radius 2 is 2.25 bits per heavy atom. The highest BCUT2D eigenvalue weighted by Gasteiger charge is 2.05. The normalized spacial score (nSPS) is 11.8. The quantitative estimate of drug-likeness (QED) is 0.769. The summed E-state index contributed by atoms with van der Waals surface area (Å²) in [7, 11) is 0. The number of anilines is 1. The van der Waals surface area contributed by atoms with Crippen molar-refractivity contribution < 1.29 is 9.84 Å². The van der Waals surface area contributed by atoms with Gasteiger partial charge in [-0.25, -0.2) is 0 Å². The van der Waals surface area contributed by atoms with E-state index in [1.54, 1.807) is 11.3 Å². The van der Waals surface area contributed by atoms with Crippen molar-refractivity contribution in [2.45, 2.75) is 12.7 Å². The van der Waals surface area contributed by atoms with Crippen molar-refractivity contribution in [3.63, 3.8) is 0 Å². The van der Waals surface area contributed by atoms with Gasteiger partial charge in [0.25, 0.3) is 0 Å². The molecule has 0 radical (unpaired) electrons. The van der Waals surface area contributed by atoms with Crippen LogP contribution in [0.3, 0.4) is 0 Å². The molecule has 0 aliphatic carbocycles. The zero-order valence-corrected chi connectivity index (χ0v) is 11.9. The summed E-state index contributed by atoms with van der Waals surface area (Å²) in [6.07, 6.45) is 4.79. The Morgan fingerprint density at radius 1 is 1.35 bits per heavy atom. The van der Waals surface area contributed by atoms with E-state index >= 15 is 0 Å². The lowest BCUT2D eigenvalue weighted by Crippen LogP contribution is -2.24. The minimum Gasteiger partial charge on any atom is -0.389 e. The standard InChI is InChI=1S/C16H17NO2S/c1-2-13-5-3-6-14(9-13)17-10-15(18)11-19-12-16-7-4-8-20-16/h1,3-9,15,17-18H,10-12H2. The third-order valence-corrected chi connectivity index (χ3v) is 3.56. The van der Waals surface area contributed by atoms with Gasteiger partial charge in [-0.2, -0.15) is 0 Å². The number of aliphatic hydroxyl groups excluding tert-OH is 1. The van der Waals surface area contributed by atoms with Crippen LogP contribution in [0.4, 0.5) is 5.69 Å². The molecule has 2 aromatic rings. The van der Waals surface area contributed by atoms with Gasteiger partial charge in [0.15, 0.2) is 0 Å². The number of thiophene rings is 1. The minimum atomic E-state index is -0.551. The van der Waals surface area contributed by atoms with Gasteiger partial charge in [0.05, 0.1) is 19.3 Å². The summed E-state index contributed by atoms with van der Waals surface area (Å²) in [4.78, 5) is 1.16. The van der Waals surface area contributed by atoms with Gasteiger partial charge in [0, 0.05) is 22.7 Å². The zero-order valence-electron chi connectivity index (χ0n) is 11.1. The second-order valence-corrected chi connectivity index (χ2v) is 5.39. The molecule has 1 aromatic carbocycles. The molecule has 0 spiro atoms. The van der Waals surface area contributed by atoms with Crippen molar-refractivity contribution >= 4 is 17.0 Å². The van der Waals surface area contributed by atoms with Crippen LogP contribution in [0.2, 0.25) is 0 Å². The molecule has 104 valence electrons. The Hall–Kier alpha value is -1.80. The number of benzene rings is 1. The van der Waals surface area contributed by atoms with E-state index in [0.29, 0.717) is 19.8 Å². The average Bonchev–Trinajstić information content (AvgIpc) is 2.98. The SMILES string of the molecule is C#Cc1cccc(NCC(O)COCc2cccs2)c1. The smallest absolute Gasteiger partial charge is 0.0945 e. The van der Waals surface area contributed by atoms with Crippen molar-refractivity contribution in [3.8, 4) is 12.3 Å². The molecule has 0 aliphatic heterocycles. The molecule has 1 unspecified atom stereocenters. The van der Waals surface area contributed by atoms with E-state index in [2.05, 4.69) is 11.2 Å². The topological polar surface area (TPSA) is 41.5 Å². The largest absolute Gasteiger partial charge is 0.389 e. The predicted octanol–water partition coefficient (Wildman–Crippen LogP) is 2.72. The highest BCUT2D eigenvalue weighted by molar-refractivity contribution is 7.09. The summed E-state index contributed by atoms with van der Waals surface area (Å²) in [6.45, 7) is 1.28. The lowest BCUT2D eigenvalue weighted by molar-refractivity contribution is 0.0359. The third kappa shape index (κ3) is 4.71. The lowest BCUT2D eigenvalue weighted by atomic mass is 10.2. The van der Waals surface area contributed by atoms with Crippen LogP contribution in [-0.4, -0.2) is 24.4 Å². The fourth-order valence-corrected chi connectivity index (χ4v) is 2.34. The molecule has 1 heterocycles. The van der Waals surface area contributed by atoms with Gasteiger partial charge in [-0.1, -0.05) is 18.1 Å². The molecule has 0 fully saturated rings. The van der Waals surface area contributed by atoms with Gasteiger partial charge < -0.3 is 15.2 Å². The van der Waals surface area contributed by atoms with Crippen LogP contribution in [0.1, 0.15) is 10.4 Å². The van der Waals surface area contributed by atoms with Gasteiger partial charge in [0.1, 0.15) is 0 Å². The van der Waals surface area contributed by atoms with E-state index in [0.717, 1.165) is 16.1 Å². The Balaban J connectivity index is 1.69. The first-order chi connectivity index (χ1) is 9.78. The summed E-state index contributed by atoms with van der Waals surface area (Å²) in [5.41, 5.74) is 1.72. The third-order valence-electron chi connectivity index (χ3n) is 2.71. The first kappa shape index (κ1) is 14.6. The van der Waals surface area contributed by atoms with Crippen LogP contribution in [-0.2, 0) is 11.3 Å². The molecular weight excluding hydrogens is 270 g/mol. The van der Waals surface area contributed by atoms with Crippen molar-refractivity contribution in [1.82, 2.24) is 0 Å². The Morgan fingerprint density at radius 3 is 3.00 bits per heavy atom. The van der Waals surface area contributed by atoms with Crippen molar-refractivity contribution in [2.75, 3.05) is 18.5 Å². The summed E-state index contributed by atoms with van der Waals surface area (Å²) in [5.74, 6) is 2.58. The van der Waals surface area contributed by atoms with E-state index in [1.807, 2.05) is 41.8 Å². The molecule has 2 rings (SSSR count). The first-order valence-electron chi connectivity index (χ1n) is 6.36. The second kappa shape index (κ2) is 7.71. The maximum atomic E-state index is 9.84. The highest BCUT2D eigenvalue weighted by Crippen LogP contribution is 2.11. The number of rotatable bonds is 7. The molecule has 0 amide bonds. The van der Waals surface area contributed by atoms with Gasteiger partial charge >= 0.3 is 0 Å². The van der Waals surface area contributed by atoms with Gasteiger partial charge in [-0.15, -0.1) is 17.8 Å². The van der Waals surface area contributed by atoms with Crippen LogP contribution in [0, 0.1) is 12.3 Å². The molecular formula is C16H17NO2S. The molecule has 2 N–H and O–H groups in total. The van der Waals surface area contributed by atoms with Gasteiger partial charge in [-0.05, 0) is 29.6 Å². The van der Waals surface area contributed by atoms with Crippen LogP contribution in [0.5, 0.6) is 0 Å². The van der Waals surface area contributed by atoms with E-state index in [1.165, 1.54) is 0 Å². The Bertz CT molecular complexity index is 560. The van der Waals surface area contributed by atoms with Gasteiger partial charge in [-0.3, -0.25) is 0 Å². The maximum Gasteiger partial charge on any atom is 0.0945 e. The number of hydrogen-bond donors (Lipinski definition) is 2. The molecule has 20 heavy (non-hydrogen) atoms. The van der Waals surface area contributed by atoms with Crippen LogP contribution in [0.15, 0.2) is 41.8 Å². The van der Waals surface area contributed by atoms with E-state index in [9.17, 15) is 5.11 Å². The lowest BCUT2D eigenvalue weighted by Gasteiger charge is -2.13. The van der Waals surface area contributed by atoms with Crippen LogP contribution >= 0.6 is 11.3 Å². The predicted molar refractivity (Wildman–Crippen MR) is 82.8 cm³/mol. The molecule has 0 bridgehead atoms. The molecule has 4 heteroatoms. The molecule has 1 aromatic heterocycles. The number of hydrogen-bond acceptors (Lipinski definition) is 4. The van der Waals surface area contributed by atoms with Crippen LogP contribution < -0.4 is 5.32 Å². The molecule has 0 saturated heterocycles. The summed E-state index contributed by atoms with van der Waals surface area (Å²) in [6, 6.07) is 11.5. The summed E-state index contributed by atoms with van der Waals surface area (Å²) >= 11 is 1.65. The zero-order chi connectivity index (χ0) is 14.2. The monoisotopic (exact) mass is 287 g/mol. The maximum absolute atomic E-state index is 9.84. The number of aliphatic hydroxyl groups is 1. The van der Waals surface area contributed by atoms with Crippen molar-refractivity contribution in [2.24, 2.45) is 0 Å². The van der Waals surface area contributed by atoms with Crippen LogP contribution in [0.25, 0.3) is 0 Å². The Kier molecular flexibility index (Phi) is 5.63. The molecule has 0 saturated carbocycles. The van der Waals surface area contributed by atoms with E-state index in [-0.39, 0.29) is 0 Å². The van der Waals surface area contributed by atoms with Crippen molar-refractivity contribution in [1.29, 1.82) is 0 Å². The summed E-state index contributed by atoms with van der Waals surface area (Å²) < 4.78 is 5.46. The van der Waals surface area contributed by atoms with Crippen molar-refractivity contribution in [3.05, 3.63) is 52.2 Å². The first-order valence-corrected chi connectivity index (χ1v) is 7.24. The fraction of sp³-hybridized carbons (Fsp3) is 0.250. The van der Waals surface area contributed by atoms with E-state index < -0.39 is 6.10 Å².